The lowest BCUT2D eigenvalue weighted by molar-refractivity contribution is 0.310. The van der Waals surface area contributed by atoms with E-state index < -0.39 is 0 Å². The molecule has 140 valence electrons. The number of aryl methyl sites for hydroxylation is 3. The molecule has 0 spiro atoms. The second kappa shape index (κ2) is 7.35. The van der Waals surface area contributed by atoms with Crippen LogP contribution in [0.5, 0.6) is 0 Å². The normalized spacial score (nSPS) is 13.3. The Labute approximate surface area is 159 Å². The molecule has 0 fully saturated rings. The average Bonchev–Trinajstić information content (AvgIpc) is 2.60. The minimum atomic E-state index is -0.238. The van der Waals surface area contributed by atoms with Gasteiger partial charge >= 0.3 is 0 Å². The van der Waals surface area contributed by atoms with E-state index in [0.717, 1.165) is 11.4 Å². The number of hydrogen-bond acceptors (Lipinski definition) is 4. The van der Waals surface area contributed by atoms with Gasteiger partial charge in [0, 0.05) is 12.5 Å². The first-order chi connectivity index (χ1) is 12.7. The van der Waals surface area contributed by atoms with Crippen LogP contribution in [-0.4, -0.2) is 9.78 Å². The third-order valence-electron chi connectivity index (χ3n) is 4.11. The molecule has 3 aromatic rings. The van der Waals surface area contributed by atoms with Crippen LogP contribution in [0.3, 0.4) is 0 Å². The fraction of sp³-hybridized carbons (Fsp3) is 0.318. The summed E-state index contributed by atoms with van der Waals surface area (Å²) in [5.74, 6) is 0.610. The summed E-state index contributed by atoms with van der Waals surface area (Å²) < 4.78 is 7.82. The van der Waals surface area contributed by atoms with Crippen molar-refractivity contribution in [1.29, 1.82) is 0 Å². The van der Waals surface area contributed by atoms with Crippen LogP contribution in [0.15, 0.2) is 62.9 Å². The fourth-order valence-corrected chi connectivity index (χ4v) is 2.45. The van der Waals surface area contributed by atoms with Crippen LogP contribution < -0.4 is 11.0 Å². The van der Waals surface area contributed by atoms with E-state index in [2.05, 4.69) is 39.7 Å². The summed E-state index contributed by atoms with van der Waals surface area (Å²) in [6, 6.07) is 16.0. The van der Waals surface area contributed by atoms with Crippen LogP contribution in [0, 0.1) is 13.8 Å². The Balaban J connectivity index is 2.28. The highest BCUT2D eigenvalue weighted by Crippen LogP contribution is 2.18. The third kappa shape index (κ3) is 4.61. The molecule has 5 nitrogen and oxygen atoms in total. The Morgan fingerprint density at radius 2 is 1.30 bits per heavy atom. The van der Waals surface area contributed by atoms with Gasteiger partial charge in [-0.2, -0.15) is 0 Å². The summed E-state index contributed by atoms with van der Waals surface area (Å²) in [4.78, 5) is 9.44. The van der Waals surface area contributed by atoms with Gasteiger partial charge in [-0.25, -0.2) is 14.7 Å². The van der Waals surface area contributed by atoms with Crippen molar-refractivity contribution in [3.63, 3.8) is 0 Å². The van der Waals surface area contributed by atoms with Crippen molar-refractivity contribution in [3.8, 4) is 0 Å². The molecule has 2 aromatic carbocycles. The molecular formula is C22H26N4O. The number of benzene rings is 2. The van der Waals surface area contributed by atoms with Gasteiger partial charge in [-0.3, -0.25) is 0 Å². The van der Waals surface area contributed by atoms with E-state index in [4.69, 9.17) is 14.4 Å². The standard InChI is InChI=1S/C22H26N4O/c1-15-7-11-17(12-8-15)23-19-20(24-18-13-9-16(2)10-14-18)27-21(22(3,4)5)25-26(19)6/h7-14H,1-6H3. The summed E-state index contributed by atoms with van der Waals surface area (Å²) in [6.45, 7) is 10.3. The molecule has 27 heavy (non-hydrogen) atoms. The van der Waals surface area contributed by atoms with E-state index >= 15 is 0 Å². The zero-order chi connectivity index (χ0) is 19.6. The van der Waals surface area contributed by atoms with Crippen LogP contribution in [-0.2, 0) is 12.5 Å². The molecule has 1 heterocycles. The SMILES string of the molecule is Cc1ccc(N=c2oc(C(C)(C)C)nn(C)c2=Nc2ccc(C)cc2)cc1. The zero-order valence-electron chi connectivity index (χ0n) is 16.8. The first-order valence-corrected chi connectivity index (χ1v) is 9.04. The summed E-state index contributed by atoms with van der Waals surface area (Å²) in [6.07, 6.45) is 0. The topological polar surface area (TPSA) is 55.7 Å². The van der Waals surface area contributed by atoms with E-state index in [1.54, 1.807) is 4.68 Å². The third-order valence-corrected chi connectivity index (χ3v) is 4.11. The monoisotopic (exact) mass is 362 g/mol. The highest BCUT2D eigenvalue weighted by atomic mass is 16.4. The van der Waals surface area contributed by atoms with Crippen molar-refractivity contribution in [2.45, 2.75) is 40.0 Å². The Kier molecular flexibility index (Phi) is 5.13. The Bertz CT molecular complexity index is 1060. The Morgan fingerprint density at radius 3 is 1.78 bits per heavy atom. The lowest BCUT2D eigenvalue weighted by Crippen LogP contribution is -2.38. The van der Waals surface area contributed by atoms with Crippen LogP contribution in [0.2, 0.25) is 0 Å². The first-order valence-electron chi connectivity index (χ1n) is 9.04. The van der Waals surface area contributed by atoms with Crippen LogP contribution >= 0.6 is 0 Å². The van der Waals surface area contributed by atoms with Crippen molar-refractivity contribution in [1.82, 2.24) is 9.78 Å². The maximum absolute atomic E-state index is 6.09. The van der Waals surface area contributed by atoms with E-state index in [9.17, 15) is 0 Å². The molecule has 0 radical (unpaired) electrons. The lowest BCUT2D eigenvalue weighted by atomic mass is 9.97. The summed E-state index contributed by atoms with van der Waals surface area (Å²) >= 11 is 0. The molecular weight excluding hydrogens is 336 g/mol. The minimum absolute atomic E-state index is 0.238. The molecule has 5 heteroatoms. The highest BCUT2D eigenvalue weighted by Gasteiger charge is 2.20. The number of aromatic nitrogens is 2. The largest absolute Gasteiger partial charge is 0.419 e. The van der Waals surface area contributed by atoms with Gasteiger partial charge < -0.3 is 4.42 Å². The molecule has 0 unspecified atom stereocenters. The minimum Gasteiger partial charge on any atom is -0.419 e. The van der Waals surface area contributed by atoms with Crippen LogP contribution in [0.4, 0.5) is 11.4 Å². The van der Waals surface area contributed by atoms with E-state index in [-0.39, 0.29) is 5.41 Å². The summed E-state index contributed by atoms with van der Waals surface area (Å²) in [7, 11) is 1.87. The van der Waals surface area contributed by atoms with E-state index in [1.807, 2.05) is 55.6 Å². The predicted molar refractivity (Wildman–Crippen MR) is 107 cm³/mol. The second-order valence-corrected chi connectivity index (χ2v) is 7.80. The molecule has 0 amide bonds. The van der Waals surface area contributed by atoms with Crippen molar-refractivity contribution in [3.05, 3.63) is 76.6 Å². The smallest absolute Gasteiger partial charge is 0.266 e. The zero-order valence-corrected chi connectivity index (χ0v) is 16.8. The maximum Gasteiger partial charge on any atom is 0.266 e. The van der Waals surface area contributed by atoms with Gasteiger partial charge in [-0.15, -0.1) is 5.10 Å². The first kappa shape index (κ1) is 18.8. The molecule has 0 bridgehead atoms. The molecule has 0 aliphatic heterocycles. The predicted octanol–water partition coefficient (Wildman–Crippen LogP) is 4.39. The fourth-order valence-electron chi connectivity index (χ4n) is 2.45. The molecule has 1 aromatic heterocycles. The molecule has 0 saturated heterocycles. The van der Waals surface area contributed by atoms with Crippen LogP contribution in [0.1, 0.15) is 37.8 Å². The molecule has 0 aliphatic rings. The number of hydrogen-bond donors (Lipinski definition) is 0. The second-order valence-electron chi connectivity index (χ2n) is 7.80. The van der Waals surface area contributed by atoms with Crippen molar-refractivity contribution in [2.24, 2.45) is 17.0 Å². The average molecular weight is 362 g/mol. The molecule has 0 atom stereocenters. The van der Waals surface area contributed by atoms with Gasteiger partial charge in [0.1, 0.15) is 0 Å². The van der Waals surface area contributed by atoms with Gasteiger partial charge in [0.2, 0.25) is 11.4 Å². The highest BCUT2D eigenvalue weighted by molar-refractivity contribution is 5.39. The summed E-state index contributed by atoms with van der Waals surface area (Å²) in [5, 5.41) is 4.57. The summed E-state index contributed by atoms with van der Waals surface area (Å²) in [5.41, 5.74) is 4.81. The molecule has 0 aliphatic carbocycles. The quantitative estimate of drug-likeness (QED) is 0.679. The van der Waals surface area contributed by atoms with Crippen molar-refractivity contribution in [2.75, 3.05) is 0 Å². The van der Waals surface area contributed by atoms with Crippen molar-refractivity contribution >= 4 is 11.4 Å². The lowest BCUT2D eigenvalue weighted by Gasteiger charge is -2.16. The Morgan fingerprint density at radius 1 is 0.815 bits per heavy atom. The molecule has 0 saturated carbocycles. The maximum atomic E-state index is 6.09. The Hall–Kier alpha value is -2.95. The molecule has 3 rings (SSSR count). The van der Waals surface area contributed by atoms with E-state index in [0.29, 0.717) is 16.9 Å². The molecule has 0 N–H and O–H groups in total. The van der Waals surface area contributed by atoms with Gasteiger partial charge in [-0.1, -0.05) is 56.2 Å². The van der Waals surface area contributed by atoms with E-state index in [1.165, 1.54) is 11.1 Å². The number of rotatable bonds is 2. The van der Waals surface area contributed by atoms with Crippen molar-refractivity contribution < 1.29 is 4.42 Å². The number of nitrogens with zero attached hydrogens (tertiary/aromatic N) is 4. The van der Waals surface area contributed by atoms with Gasteiger partial charge in [-0.05, 0) is 38.1 Å². The van der Waals surface area contributed by atoms with Gasteiger partial charge in [0.05, 0.1) is 11.4 Å². The van der Waals surface area contributed by atoms with Gasteiger partial charge in [0.15, 0.2) is 0 Å². The van der Waals surface area contributed by atoms with Gasteiger partial charge in [0.25, 0.3) is 5.55 Å². The van der Waals surface area contributed by atoms with Crippen LogP contribution in [0.25, 0.3) is 0 Å².